The fraction of sp³-hybridized carbons (Fsp3) is 0.133. The summed E-state index contributed by atoms with van der Waals surface area (Å²) in [6.45, 7) is 1.09. The van der Waals surface area contributed by atoms with Gasteiger partial charge in [-0.3, -0.25) is 4.79 Å². The molecule has 0 saturated heterocycles. The Bertz CT molecular complexity index is 710. The maximum atomic E-state index is 12.1. The van der Waals surface area contributed by atoms with Gasteiger partial charge < -0.3 is 15.2 Å². The number of fused-ring (bicyclic) bond motifs is 1. The third-order valence-corrected chi connectivity index (χ3v) is 3.24. The van der Waals surface area contributed by atoms with Crippen molar-refractivity contribution in [2.24, 2.45) is 0 Å². The second kappa shape index (κ2) is 5.34. The number of pyridine rings is 1. The molecule has 0 radical (unpaired) electrons. The normalized spacial score (nSPS) is 12.8. The van der Waals surface area contributed by atoms with Crippen LogP contribution in [-0.2, 0) is 18.0 Å². The number of nitrogens with zero attached hydrogens (tertiary/aromatic N) is 1. The number of carbonyl (C=O) groups is 2. The molecule has 106 valence electrons. The lowest BCUT2D eigenvalue weighted by molar-refractivity contribution is 0.0696. The maximum Gasteiger partial charge on any atom is 0.337 e. The van der Waals surface area contributed by atoms with E-state index in [-0.39, 0.29) is 11.5 Å². The van der Waals surface area contributed by atoms with Gasteiger partial charge in [0.1, 0.15) is 5.82 Å². The van der Waals surface area contributed by atoms with E-state index in [4.69, 9.17) is 9.84 Å². The molecule has 0 fully saturated rings. The van der Waals surface area contributed by atoms with Gasteiger partial charge in [-0.1, -0.05) is 6.07 Å². The number of nitrogens with one attached hydrogen (secondary N) is 1. The van der Waals surface area contributed by atoms with Gasteiger partial charge in [0.15, 0.2) is 0 Å². The summed E-state index contributed by atoms with van der Waals surface area (Å²) in [5.41, 5.74) is 2.69. The molecule has 1 aliphatic rings. The third-order valence-electron chi connectivity index (χ3n) is 3.24. The molecule has 6 nitrogen and oxygen atoms in total. The highest BCUT2D eigenvalue weighted by Crippen LogP contribution is 2.21. The minimum atomic E-state index is -1.06. The van der Waals surface area contributed by atoms with Crippen molar-refractivity contribution in [3.05, 3.63) is 58.8 Å². The number of aromatic carboxylic acids is 1. The van der Waals surface area contributed by atoms with E-state index in [1.54, 1.807) is 12.1 Å². The van der Waals surface area contributed by atoms with E-state index in [2.05, 4.69) is 10.3 Å². The topological polar surface area (TPSA) is 88.5 Å². The SMILES string of the molecule is O=C(O)c1ccc(NC(=O)c2ccc3c(c2)COC3)nc1. The maximum absolute atomic E-state index is 12.1. The highest BCUT2D eigenvalue weighted by molar-refractivity contribution is 6.04. The zero-order valence-corrected chi connectivity index (χ0v) is 11.0. The van der Waals surface area contributed by atoms with Gasteiger partial charge in [0, 0.05) is 11.8 Å². The van der Waals surface area contributed by atoms with E-state index in [1.165, 1.54) is 18.3 Å². The van der Waals surface area contributed by atoms with Crippen LogP contribution < -0.4 is 5.32 Å². The number of rotatable bonds is 3. The van der Waals surface area contributed by atoms with Crippen LogP contribution in [0.4, 0.5) is 5.82 Å². The summed E-state index contributed by atoms with van der Waals surface area (Å²) >= 11 is 0. The van der Waals surface area contributed by atoms with E-state index in [0.717, 1.165) is 11.1 Å². The second-order valence-electron chi connectivity index (χ2n) is 4.67. The second-order valence-corrected chi connectivity index (χ2v) is 4.67. The van der Waals surface area contributed by atoms with Crippen molar-refractivity contribution in [2.45, 2.75) is 13.2 Å². The Morgan fingerprint density at radius 2 is 1.86 bits per heavy atom. The number of aromatic nitrogens is 1. The van der Waals surface area contributed by atoms with Gasteiger partial charge in [0.25, 0.3) is 5.91 Å². The first-order valence-electron chi connectivity index (χ1n) is 6.34. The Labute approximate surface area is 120 Å². The van der Waals surface area contributed by atoms with Gasteiger partial charge in [0.05, 0.1) is 18.8 Å². The number of carbonyl (C=O) groups excluding carboxylic acids is 1. The summed E-state index contributed by atoms with van der Waals surface area (Å²) in [5, 5.41) is 11.4. The first-order valence-corrected chi connectivity index (χ1v) is 6.34. The van der Waals surface area contributed by atoms with E-state index in [1.807, 2.05) is 6.07 Å². The standard InChI is InChI=1S/C15H12N2O4/c18-14(9-1-2-11-7-21-8-12(11)5-9)17-13-4-3-10(6-16-13)15(19)20/h1-6H,7-8H2,(H,19,20)(H,16,17,18). The Kier molecular flexibility index (Phi) is 3.37. The highest BCUT2D eigenvalue weighted by atomic mass is 16.5. The fourth-order valence-electron chi connectivity index (χ4n) is 2.10. The van der Waals surface area contributed by atoms with Crippen LogP contribution >= 0.6 is 0 Å². The van der Waals surface area contributed by atoms with E-state index in [0.29, 0.717) is 24.6 Å². The van der Waals surface area contributed by atoms with Crippen LogP contribution in [0.3, 0.4) is 0 Å². The van der Waals surface area contributed by atoms with Crippen molar-refractivity contribution >= 4 is 17.7 Å². The van der Waals surface area contributed by atoms with Gasteiger partial charge in [0.2, 0.25) is 0 Å². The Balaban J connectivity index is 1.75. The van der Waals surface area contributed by atoms with Crippen LogP contribution in [0.2, 0.25) is 0 Å². The molecule has 1 aromatic heterocycles. The molecule has 0 aliphatic carbocycles. The van der Waals surface area contributed by atoms with E-state index in [9.17, 15) is 9.59 Å². The highest BCUT2D eigenvalue weighted by Gasteiger charge is 2.14. The van der Waals surface area contributed by atoms with Crippen molar-refractivity contribution in [1.29, 1.82) is 0 Å². The Hall–Kier alpha value is -2.73. The van der Waals surface area contributed by atoms with Crippen LogP contribution in [-0.4, -0.2) is 22.0 Å². The predicted octanol–water partition coefficient (Wildman–Crippen LogP) is 2.06. The van der Waals surface area contributed by atoms with Gasteiger partial charge in [-0.15, -0.1) is 0 Å². The van der Waals surface area contributed by atoms with Crippen molar-refractivity contribution in [3.63, 3.8) is 0 Å². The van der Waals surface area contributed by atoms with E-state index < -0.39 is 5.97 Å². The molecular weight excluding hydrogens is 272 g/mol. The van der Waals surface area contributed by atoms with Crippen LogP contribution in [0.15, 0.2) is 36.5 Å². The van der Waals surface area contributed by atoms with Crippen molar-refractivity contribution < 1.29 is 19.4 Å². The molecule has 3 rings (SSSR count). The first-order chi connectivity index (χ1) is 10.1. The number of ether oxygens (including phenoxy) is 1. The summed E-state index contributed by atoms with van der Waals surface area (Å²) in [5.74, 6) is -1.04. The fourth-order valence-corrected chi connectivity index (χ4v) is 2.10. The lowest BCUT2D eigenvalue weighted by Gasteiger charge is -2.06. The molecule has 1 amide bonds. The van der Waals surface area contributed by atoms with Crippen LogP contribution in [0, 0.1) is 0 Å². The Morgan fingerprint density at radius 1 is 1.10 bits per heavy atom. The molecule has 2 aromatic rings. The van der Waals surface area contributed by atoms with Gasteiger partial charge >= 0.3 is 5.97 Å². The largest absolute Gasteiger partial charge is 0.478 e. The molecule has 1 aromatic carbocycles. The monoisotopic (exact) mass is 284 g/mol. The van der Waals surface area contributed by atoms with Gasteiger partial charge in [-0.25, -0.2) is 9.78 Å². The van der Waals surface area contributed by atoms with E-state index >= 15 is 0 Å². The average molecular weight is 284 g/mol. The van der Waals surface area contributed by atoms with Crippen LogP contribution in [0.25, 0.3) is 0 Å². The van der Waals surface area contributed by atoms with Gasteiger partial charge in [-0.05, 0) is 35.4 Å². The number of carboxylic acids is 1. The predicted molar refractivity (Wildman–Crippen MR) is 74.1 cm³/mol. The molecule has 0 unspecified atom stereocenters. The average Bonchev–Trinajstić information content (AvgIpc) is 2.95. The first kappa shape index (κ1) is 13.3. The lowest BCUT2D eigenvalue weighted by atomic mass is 10.1. The minimum Gasteiger partial charge on any atom is -0.478 e. The quantitative estimate of drug-likeness (QED) is 0.900. The molecule has 0 bridgehead atoms. The van der Waals surface area contributed by atoms with Crippen LogP contribution in [0.5, 0.6) is 0 Å². The van der Waals surface area contributed by atoms with Crippen molar-refractivity contribution in [2.75, 3.05) is 5.32 Å². The Morgan fingerprint density at radius 3 is 2.57 bits per heavy atom. The smallest absolute Gasteiger partial charge is 0.337 e. The molecule has 21 heavy (non-hydrogen) atoms. The number of benzene rings is 1. The van der Waals surface area contributed by atoms with Crippen molar-refractivity contribution in [3.8, 4) is 0 Å². The number of anilines is 1. The number of hydrogen-bond acceptors (Lipinski definition) is 4. The summed E-state index contributed by atoms with van der Waals surface area (Å²) < 4.78 is 5.30. The molecule has 0 saturated carbocycles. The molecule has 1 aliphatic heterocycles. The van der Waals surface area contributed by atoms with Gasteiger partial charge in [-0.2, -0.15) is 0 Å². The summed E-state index contributed by atoms with van der Waals surface area (Å²) in [6, 6.07) is 8.25. The van der Waals surface area contributed by atoms with Crippen LogP contribution in [0.1, 0.15) is 31.8 Å². The number of carboxylic acid groups (broad SMARTS) is 1. The summed E-state index contributed by atoms with van der Waals surface area (Å²) in [7, 11) is 0. The molecular formula is C15H12N2O4. The lowest BCUT2D eigenvalue weighted by Crippen LogP contribution is -2.13. The number of amides is 1. The molecule has 0 atom stereocenters. The number of hydrogen-bond donors (Lipinski definition) is 2. The molecule has 2 N–H and O–H groups in total. The van der Waals surface area contributed by atoms with Crippen molar-refractivity contribution in [1.82, 2.24) is 4.98 Å². The molecule has 0 spiro atoms. The molecule has 2 heterocycles. The summed E-state index contributed by atoms with van der Waals surface area (Å²) in [4.78, 5) is 26.8. The molecule has 6 heteroatoms. The third kappa shape index (κ3) is 2.75. The zero-order valence-electron chi connectivity index (χ0n) is 11.0. The summed E-state index contributed by atoms with van der Waals surface area (Å²) in [6.07, 6.45) is 1.20. The zero-order chi connectivity index (χ0) is 14.8. The minimum absolute atomic E-state index is 0.0719.